The largest absolute Gasteiger partial charge is 0.509 e. The number of carbonyl (C=O) groups is 2. The molecule has 25 heavy (non-hydrogen) atoms. The van der Waals surface area contributed by atoms with Crippen molar-refractivity contribution in [2.24, 2.45) is 0 Å². The number of piperidine rings is 1. The Labute approximate surface area is 146 Å². The molecule has 1 aromatic carbocycles. The molecule has 2 aliphatic heterocycles. The lowest BCUT2D eigenvalue weighted by atomic mass is 9.92. The number of aromatic amines is 1. The van der Waals surface area contributed by atoms with Gasteiger partial charge in [0.2, 0.25) is 0 Å². The quantitative estimate of drug-likeness (QED) is 0.808. The minimum atomic E-state index is -0.600. The molecule has 2 fully saturated rings. The maximum absolute atomic E-state index is 13.0. The van der Waals surface area contributed by atoms with Crippen LogP contribution in [0.5, 0.6) is 0 Å². The average molecular weight is 342 g/mol. The first-order valence-corrected chi connectivity index (χ1v) is 8.63. The van der Waals surface area contributed by atoms with E-state index in [0.717, 1.165) is 22.0 Å². The number of hydrogen-bond acceptors (Lipinski definition) is 4. The third kappa shape index (κ3) is 2.56. The zero-order valence-corrected chi connectivity index (χ0v) is 14.8. The number of aromatic nitrogens is 1. The first kappa shape index (κ1) is 16.0. The lowest BCUT2D eigenvalue weighted by Gasteiger charge is -2.36. The van der Waals surface area contributed by atoms with Crippen LogP contribution in [0.2, 0.25) is 0 Å². The monoisotopic (exact) mass is 342 g/mol. The van der Waals surface area contributed by atoms with Crippen molar-refractivity contribution in [3.05, 3.63) is 34.5 Å². The number of likely N-dealkylation sites (tertiary alicyclic amines) is 1. The Morgan fingerprint density at radius 1 is 1.20 bits per heavy atom. The molecule has 6 heteroatoms. The Balaban J connectivity index is 1.58. The Kier molecular flexibility index (Phi) is 3.52. The van der Waals surface area contributed by atoms with E-state index in [0.29, 0.717) is 31.6 Å². The van der Waals surface area contributed by atoms with Gasteiger partial charge in [0.05, 0.1) is 0 Å². The summed E-state index contributed by atoms with van der Waals surface area (Å²) in [6.07, 6.45) is 0.626. The molecule has 3 heterocycles. The highest BCUT2D eigenvalue weighted by atomic mass is 16.8. The fourth-order valence-corrected chi connectivity index (χ4v) is 3.94. The SMILES string of the molecule is Cc1cc(C)c2[nH]c(C(=O)N3CCC4(CC3)COC(=O)O4)c(C)c2c1. The molecule has 132 valence electrons. The number of amides is 1. The first-order valence-electron chi connectivity index (χ1n) is 8.63. The lowest BCUT2D eigenvalue weighted by molar-refractivity contribution is 0.00265. The molecule has 6 nitrogen and oxygen atoms in total. The second kappa shape index (κ2) is 5.51. The number of carbonyl (C=O) groups excluding carboxylic acids is 2. The number of fused-ring (bicyclic) bond motifs is 1. The van der Waals surface area contributed by atoms with Gasteiger partial charge in [-0.2, -0.15) is 0 Å². The number of H-pyrrole nitrogens is 1. The van der Waals surface area contributed by atoms with E-state index in [2.05, 4.69) is 31.0 Å². The Morgan fingerprint density at radius 2 is 1.92 bits per heavy atom. The van der Waals surface area contributed by atoms with Crippen LogP contribution >= 0.6 is 0 Å². The molecule has 2 aromatic rings. The van der Waals surface area contributed by atoms with Crippen LogP contribution in [0.1, 0.15) is 40.0 Å². The van der Waals surface area contributed by atoms with Crippen molar-refractivity contribution in [2.75, 3.05) is 19.7 Å². The maximum Gasteiger partial charge on any atom is 0.509 e. The van der Waals surface area contributed by atoms with Gasteiger partial charge in [0.15, 0.2) is 5.60 Å². The standard InChI is InChI=1S/C19H22N2O4/c1-11-8-12(2)15-14(9-11)13(3)16(20-15)17(22)21-6-4-19(5-7-21)10-24-18(23)25-19/h8-9,20H,4-7,10H2,1-3H3. The lowest BCUT2D eigenvalue weighted by Crippen LogP contribution is -2.48. The molecule has 1 aromatic heterocycles. The summed E-state index contributed by atoms with van der Waals surface area (Å²) in [5, 5.41) is 1.10. The molecular weight excluding hydrogens is 320 g/mol. The van der Waals surface area contributed by atoms with Crippen LogP contribution in [0.4, 0.5) is 4.79 Å². The van der Waals surface area contributed by atoms with Crippen LogP contribution in [-0.4, -0.2) is 47.2 Å². The van der Waals surface area contributed by atoms with Crippen LogP contribution in [-0.2, 0) is 9.47 Å². The van der Waals surface area contributed by atoms with E-state index >= 15 is 0 Å². The highest BCUT2D eigenvalue weighted by Gasteiger charge is 2.45. The number of nitrogens with one attached hydrogen (secondary N) is 1. The second-order valence-corrected chi connectivity index (χ2v) is 7.25. The van der Waals surface area contributed by atoms with Crippen LogP contribution in [0.25, 0.3) is 10.9 Å². The first-order chi connectivity index (χ1) is 11.9. The van der Waals surface area contributed by atoms with Gasteiger partial charge in [-0.15, -0.1) is 0 Å². The van der Waals surface area contributed by atoms with Crippen molar-refractivity contribution < 1.29 is 19.1 Å². The summed E-state index contributed by atoms with van der Waals surface area (Å²) in [4.78, 5) is 29.4. The number of nitrogens with zero attached hydrogens (tertiary/aromatic N) is 1. The zero-order valence-electron chi connectivity index (χ0n) is 14.8. The number of aryl methyl sites for hydroxylation is 3. The van der Waals surface area contributed by atoms with E-state index in [1.54, 1.807) is 0 Å². The summed E-state index contributed by atoms with van der Waals surface area (Å²) >= 11 is 0. The third-order valence-corrected chi connectivity index (χ3v) is 5.44. The van der Waals surface area contributed by atoms with E-state index < -0.39 is 11.8 Å². The Bertz CT molecular complexity index is 875. The van der Waals surface area contributed by atoms with Crippen molar-refractivity contribution >= 4 is 23.0 Å². The fourth-order valence-electron chi connectivity index (χ4n) is 3.94. The van der Waals surface area contributed by atoms with E-state index in [9.17, 15) is 9.59 Å². The van der Waals surface area contributed by atoms with Gasteiger partial charge in [-0.05, 0) is 38.0 Å². The Morgan fingerprint density at radius 3 is 2.56 bits per heavy atom. The predicted molar refractivity (Wildman–Crippen MR) is 92.8 cm³/mol. The summed E-state index contributed by atoms with van der Waals surface area (Å²) in [6, 6.07) is 4.23. The van der Waals surface area contributed by atoms with Crippen LogP contribution in [0, 0.1) is 20.8 Å². The normalized spacial score (nSPS) is 19.3. The van der Waals surface area contributed by atoms with Gasteiger partial charge in [-0.25, -0.2) is 4.79 Å². The van der Waals surface area contributed by atoms with Crippen LogP contribution in [0.3, 0.4) is 0 Å². The predicted octanol–water partition coefficient (Wildman–Crippen LogP) is 3.23. The minimum absolute atomic E-state index is 0.00541. The number of rotatable bonds is 1. The van der Waals surface area contributed by atoms with Gasteiger partial charge >= 0.3 is 6.16 Å². The molecule has 2 saturated heterocycles. The molecule has 1 N–H and O–H groups in total. The van der Waals surface area contributed by atoms with Crippen molar-refractivity contribution in [3.63, 3.8) is 0 Å². The highest BCUT2D eigenvalue weighted by Crippen LogP contribution is 2.33. The summed E-state index contributed by atoms with van der Waals surface area (Å²) in [5.74, 6) is 0.00541. The molecule has 0 saturated carbocycles. The Hall–Kier alpha value is -2.50. The molecule has 0 aliphatic carbocycles. The summed E-state index contributed by atoms with van der Waals surface area (Å²) in [5.41, 5.74) is 4.45. The number of ether oxygens (including phenoxy) is 2. The molecule has 0 atom stereocenters. The van der Waals surface area contributed by atoms with Gasteiger partial charge in [-0.3, -0.25) is 4.79 Å². The third-order valence-electron chi connectivity index (χ3n) is 5.44. The smallest absolute Gasteiger partial charge is 0.430 e. The molecule has 0 radical (unpaired) electrons. The van der Waals surface area contributed by atoms with Crippen molar-refractivity contribution in [1.29, 1.82) is 0 Å². The topological polar surface area (TPSA) is 71.6 Å². The average Bonchev–Trinajstić information content (AvgIpc) is 3.09. The van der Waals surface area contributed by atoms with Gasteiger partial charge in [0, 0.05) is 36.8 Å². The van der Waals surface area contributed by atoms with Crippen molar-refractivity contribution in [3.8, 4) is 0 Å². The zero-order chi connectivity index (χ0) is 17.8. The molecule has 1 spiro atoms. The molecule has 4 rings (SSSR count). The maximum atomic E-state index is 13.0. The van der Waals surface area contributed by atoms with E-state index in [1.807, 2.05) is 11.8 Å². The highest BCUT2D eigenvalue weighted by molar-refractivity contribution is 6.01. The van der Waals surface area contributed by atoms with E-state index in [1.165, 1.54) is 5.56 Å². The second-order valence-electron chi connectivity index (χ2n) is 7.25. The fraction of sp³-hybridized carbons (Fsp3) is 0.474. The summed E-state index contributed by atoms with van der Waals surface area (Å²) in [6.45, 7) is 7.51. The molecular formula is C19H22N2O4. The molecule has 1 amide bonds. The summed E-state index contributed by atoms with van der Waals surface area (Å²) in [7, 11) is 0. The van der Waals surface area contributed by atoms with Gasteiger partial charge in [-0.1, -0.05) is 11.6 Å². The molecule has 0 bridgehead atoms. The van der Waals surface area contributed by atoms with Crippen LogP contribution < -0.4 is 0 Å². The van der Waals surface area contributed by atoms with Crippen LogP contribution in [0.15, 0.2) is 12.1 Å². The van der Waals surface area contributed by atoms with E-state index in [4.69, 9.17) is 9.47 Å². The van der Waals surface area contributed by atoms with Gasteiger partial charge in [0.25, 0.3) is 5.91 Å². The number of hydrogen-bond donors (Lipinski definition) is 1. The molecule has 2 aliphatic rings. The van der Waals surface area contributed by atoms with Gasteiger partial charge in [0.1, 0.15) is 12.3 Å². The van der Waals surface area contributed by atoms with Crippen molar-refractivity contribution in [2.45, 2.75) is 39.2 Å². The van der Waals surface area contributed by atoms with E-state index in [-0.39, 0.29) is 12.5 Å². The minimum Gasteiger partial charge on any atom is -0.430 e. The number of benzene rings is 1. The summed E-state index contributed by atoms with van der Waals surface area (Å²) < 4.78 is 10.3. The molecule has 0 unspecified atom stereocenters. The number of cyclic esters (lactones) is 1. The van der Waals surface area contributed by atoms with Crippen molar-refractivity contribution in [1.82, 2.24) is 9.88 Å². The van der Waals surface area contributed by atoms with Gasteiger partial charge < -0.3 is 19.4 Å².